The van der Waals surface area contributed by atoms with E-state index in [0.29, 0.717) is 18.0 Å². The molecule has 0 amide bonds. The predicted octanol–water partition coefficient (Wildman–Crippen LogP) is 1.83. The summed E-state index contributed by atoms with van der Waals surface area (Å²) in [6.45, 7) is 3.76. The first kappa shape index (κ1) is 16.1. The van der Waals surface area contributed by atoms with Gasteiger partial charge in [0.25, 0.3) is 0 Å². The van der Waals surface area contributed by atoms with Crippen LogP contribution >= 0.6 is 0 Å². The van der Waals surface area contributed by atoms with Gasteiger partial charge in [0, 0.05) is 12.1 Å². The number of benzene rings is 1. The number of aliphatic hydroxyl groups is 1. The molecule has 124 valence electrons. The van der Waals surface area contributed by atoms with E-state index in [1.54, 1.807) is 6.07 Å². The Morgan fingerprint density at radius 2 is 2.00 bits per heavy atom. The minimum Gasteiger partial charge on any atom is -0.392 e. The predicted molar refractivity (Wildman–Crippen MR) is 85.0 cm³/mol. The van der Waals surface area contributed by atoms with Gasteiger partial charge in [-0.25, -0.2) is 4.79 Å². The number of hydrogen-bond donors (Lipinski definition) is 1. The standard InChI is InChI=1S/C18H23NO4/c1-10-4-6-13(11(2)8-10)17(21)23-18(22)16-14-7-5-12(19(14)3)9-15(16)20/h4,6,8,12,14-16,20H,5,7,9H2,1-3H3/t12-,14+,15-,16+/m0/s1. The second-order valence-electron chi connectivity index (χ2n) is 6.82. The molecule has 5 nitrogen and oxygen atoms in total. The minimum absolute atomic E-state index is 0.0387. The van der Waals surface area contributed by atoms with Crippen LogP contribution < -0.4 is 0 Å². The Morgan fingerprint density at radius 3 is 2.70 bits per heavy atom. The number of carbonyl (C=O) groups excluding carboxylic acids is 2. The molecule has 0 unspecified atom stereocenters. The number of esters is 2. The van der Waals surface area contributed by atoms with Gasteiger partial charge in [0.05, 0.1) is 17.6 Å². The van der Waals surface area contributed by atoms with Crippen LogP contribution in [0.5, 0.6) is 0 Å². The fraction of sp³-hybridized carbons (Fsp3) is 0.556. The average Bonchev–Trinajstić information content (AvgIpc) is 2.71. The first-order valence-corrected chi connectivity index (χ1v) is 8.11. The first-order valence-electron chi connectivity index (χ1n) is 8.11. The van der Waals surface area contributed by atoms with Gasteiger partial charge in [-0.05, 0) is 51.8 Å². The lowest BCUT2D eigenvalue weighted by Gasteiger charge is -2.39. The van der Waals surface area contributed by atoms with E-state index in [-0.39, 0.29) is 6.04 Å². The van der Waals surface area contributed by atoms with E-state index in [1.165, 1.54) is 0 Å². The van der Waals surface area contributed by atoms with Crippen molar-refractivity contribution in [1.29, 1.82) is 0 Å². The molecule has 23 heavy (non-hydrogen) atoms. The second kappa shape index (κ2) is 6.06. The highest BCUT2D eigenvalue weighted by molar-refractivity contribution is 5.98. The molecular formula is C18H23NO4. The highest BCUT2D eigenvalue weighted by Gasteiger charge is 2.49. The summed E-state index contributed by atoms with van der Waals surface area (Å²) in [5, 5.41) is 10.3. The Balaban J connectivity index is 1.74. The summed E-state index contributed by atoms with van der Waals surface area (Å²) >= 11 is 0. The van der Waals surface area contributed by atoms with Gasteiger partial charge in [-0.3, -0.25) is 9.69 Å². The molecule has 5 heteroatoms. The van der Waals surface area contributed by atoms with Gasteiger partial charge >= 0.3 is 11.9 Å². The molecule has 2 heterocycles. The second-order valence-corrected chi connectivity index (χ2v) is 6.82. The monoisotopic (exact) mass is 317 g/mol. The Bertz CT molecular complexity index is 642. The van der Waals surface area contributed by atoms with E-state index in [0.717, 1.165) is 24.0 Å². The molecule has 2 fully saturated rings. The van der Waals surface area contributed by atoms with Crippen molar-refractivity contribution in [3.05, 3.63) is 34.9 Å². The van der Waals surface area contributed by atoms with Crippen LogP contribution in [-0.4, -0.2) is 47.2 Å². The van der Waals surface area contributed by atoms with Crippen LogP contribution in [0.4, 0.5) is 0 Å². The molecule has 0 radical (unpaired) electrons. The molecule has 1 aromatic rings. The van der Waals surface area contributed by atoms with Crippen LogP contribution in [-0.2, 0) is 9.53 Å². The molecule has 1 N–H and O–H groups in total. The molecule has 0 aromatic heterocycles. The molecule has 2 aliphatic heterocycles. The summed E-state index contributed by atoms with van der Waals surface area (Å²) in [4.78, 5) is 26.9. The number of aliphatic hydroxyl groups excluding tert-OH is 1. The van der Waals surface area contributed by atoms with Crippen molar-refractivity contribution in [1.82, 2.24) is 4.90 Å². The summed E-state index contributed by atoms with van der Waals surface area (Å²) in [5.41, 5.74) is 2.23. The van der Waals surface area contributed by atoms with E-state index in [4.69, 9.17) is 4.74 Å². The van der Waals surface area contributed by atoms with Crippen molar-refractivity contribution in [3.63, 3.8) is 0 Å². The maximum atomic E-state index is 12.5. The molecule has 2 aliphatic rings. The van der Waals surface area contributed by atoms with Crippen LogP contribution in [0.15, 0.2) is 18.2 Å². The van der Waals surface area contributed by atoms with Gasteiger partial charge in [0.15, 0.2) is 0 Å². The molecule has 3 rings (SSSR count). The normalized spacial score (nSPS) is 30.3. The molecule has 0 spiro atoms. The summed E-state index contributed by atoms with van der Waals surface area (Å²) in [5.74, 6) is -1.89. The Morgan fingerprint density at radius 1 is 1.26 bits per heavy atom. The maximum Gasteiger partial charge on any atom is 0.346 e. The number of hydrogen-bond acceptors (Lipinski definition) is 5. The van der Waals surface area contributed by atoms with Gasteiger partial charge in [-0.15, -0.1) is 0 Å². The third-order valence-electron chi connectivity index (χ3n) is 5.30. The van der Waals surface area contributed by atoms with E-state index in [2.05, 4.69) is 4.90 Å². The van der Waals surface area contributed by atoms with Gasteiger partial charge < -0.3 is 9.84 Å². The van der Waals surface area contributed by atoms with Gasteiger partial charge in [0.1, 0.15) is 0 Å². The summed E-state index contributed by atoms with van der Waals surface area (Å²) in [6.07, 6.45) is 1.66. The van der Waals surface area contributed by atoms with Gasteiger partial charge in [-0.1, -0.05) is 17.7 Å². The van der Waals surface area contributed by atoms with Crippen molar-refractivity contribution in [2.75, 3.05) is 7.05 Å². The third-order valence-corrected chi connectivity index (χ3v) is 5.30. The Hall–Kier alpha value is -1.72. The molecule has 0 saturated carbocycles. The van der Waals surface area contributed by atoms with Crippen LogP contribution in [0.1, 0.15) is 40.7 Å². The zero-order valence-electron chi connectivity index (χ0n) is 13.8. The van der Waals surface area contributed by atoms with E-state index < -0.39 is 24.0 Å². The third kappa shape index (κ3) is 2.91. The molecule has 4 atom stereocenters. The van der Waals surface area contributed by atoms with E-state index in [9.17, 15) is 14.7 Å². The molecule has 2 saturated heterocycles. The smallest absolute Gasteiger partial charge is 0.346 e. The number of fused-ring (bicyclic) bond motifs is 2. The van der Waals surface area contributed by atoms with Crippen molar-refractivity contribution in [3.8, 4) is 0 Å². The molecule has 0 aliphatic carbocycles. The lowest BCUT2D eigenvalue weighted by molar-refractivity contribution is -0.152. The lowest BCUT2D eigenvalue weighted by Crippen LogP contribution is -2.52. The first-order chi connectivity index (χ1) is 10.9. The topological polar surface area (TPSA) is 66.8 Å². The van der Waals surface area contributed by atoms with Crippen molar-refractivity contribution >= 4 is 11.9 Å². The summed E-state index contributed by atoms with van der Waals surface area (Å²) < 4.78 is 5.10. The molecule has 1 aromatic carbocycles. The molecular weight excluding hydrogens is 294 g/mol. The van der Waals surface area contributed by atoms with Crippen molar-refractivity contribution in [2.45, 2.75) is 51.3 Å². The summed E-state index contributed by atoms with van der Waals surface area (Å²) in [6, 6.07) is 5.66. The maximum absolute atomic E-state index is 12.5. The fourth-order valence-electron chi connectivity index (χ4n) is 4.01. The SMILES string of the molecule is Cc1ccc(C(=O)OC(=O)[C@@H]2[C@H]3CC[C@@H](C[C@@H]2O)N3C)c(C)c1. The Labute approximate surface area is 136 Å². The van der Waals surface area contributed by atoms with E-state index >= 15 is 0 Å². The zero-order chi connectivity index (χ0) is 16.7. The van der Waals surface area contributed by atoms with Gasteiger partial charge in [-0.2, -0.15) is 0 Å². The van der Waals surface area contributed by atoms with Crippen LogP contribution in [0, 0.1) is 19.8 Å². The quantitative estimate of drug-likeness (QED) is 0.666. The zero-order valence-corrected chi connectivity index (χ0v) is 13.8. The Kier molecular flexibility index (Phi) is 4.25. The van der Waals surface area contributed by atoms with Crippen LogP contribution in [0.3, 0.4) is 0 Å². The number of rotatable bonds is 2. The highest BCUT2D eigenvalue weighted by atomic mass is 16.6. The number of nitrogens with zero attached hydrogens (tertiary/aromatic N) is 1. The largest absolute Gasteiger partial charge is 0.392 e. The summed E-state index contributed by atoms with van der Waals surface area (Å²) in [7, 11) is 1.97. The average molecular weight is 317 g/mol. The number of carbonyl (C=O) groups is 2. The fourth-order valence-corrected chi connectivity index (χ4v) is 4.01. The van der Waals surface area contributed by atoms with Crippen molar-refractivity contribution in [2.24, 2.45) is 5.92 Å². The van der Waals surface area contributed by atoms with Crippen molar-refractivity contribution < 1.29 is 19.4 Å². The number of ether oxygens (including phenoxy) is 1. The molecule has 2 bridgehead atoms. The minimum atomic E-state index is -0.733. The van der Waals surface area contributed by atoms with Gasteiger partial charge in [0.2, 0.25) is 0 Å². The number of piperidine rings is 1. The van der Waals surface area contributed by atoms with Crippen LogP contribution in [0.25, 0.3) is 0 Å². The lowest BCUT2D eigenvalue weighted by atomic mass is 9.88. The number of aryl methyl sites for hydroxylation is 2. The highest BCUT2D eigenvalue weighted by Crippen LogP contribution is 2.38. The van der Waals surface area contributed by atoms with E-state index in [1.807, 2.05) is 33.0 Å². The van der Waals surface area contributed by atoms with Crippen LogP contribution in [0.2, 0.25) is 0 Å².